The number of hydrogen-bond donors (Lipinski definition) is 1. The van der Waals surface area contributed by atoms with Crippen molar-refractivity contribution in [2.24, 2.45) is 0 Å². The van der Waals surface area contributed by atoms with Crippen molar-refractivity contribution in [3.63, 3.8) is 0 Å². The Morgan fingerprint density at radius 3 is 2.11 bits per heavy atom. The van der Waals surface area contributed by atoms with E-state index in [1.165, 1.54) is 0 Å². The number of aromatic nitrogens is 2. The topological polar surface area (TPSA) is 75.4 Å². The predicted molar refractivity (Wildman–Crippen MR) is 144 cm³/mol. The van der Waals surface area contributed by atoms with Crippen LogP contribution in [0.3, 0.4) is 0 Å². The Hall–Kier alpha value is -4.03. The molecule has 3 aromatic carbocycles. The van der Waals surface area contributed by atoms with Gasteiger partial charge in [-0.05, 0) is 36.5 Å². The predicted octanol–water partition coefficient (Wildman–Crippen LogP) is 4.40. The van der Waals surface area contributed by atoms with Crippen molar-refractivity contribution < 1.29 is 9.90 Å². The molecule has 2 heterocycles. The van der Waals surface area contributed by atoms with Crippen LogP contribution in [-0.4, -0.2) is 44.4 Å². The normalized spacial score (nSPS) is 16.2. The molecule has 1 saturated heterocycles. The van der Waals surface area contributed by atoms with Crippen molar-refractivity contribution >= 4 is 5.91 Å². The summed E-state index contributed by atoms with van der Waals surface area (Å²) in [5, 5.41) is 16.2. The van der Waals surface area contributed by atoms with Gasteiger partial charge in [0.25, 0.3) is 5.91 Å². The van der Waals surface area contributed by atoms with Crippen molar-refractivity contribution in [2.75, 3.05) is 6.54 Å². The maximum Gasteiger partial charge on any atom is 0.278 e. The summed E-state index contributed by atoms with van der Waals surface area (Å²) in [7, 11) is 0. The Morgan fingerprint density at radius 2 is 1.51 bits per heavy atom. The second kappa shape index (κ2) is 10.9. The van der Waals surface area contributed by atoms with Crippen LogP contribution in [0, 0.1) is 6.92 Å². The van der Waals surface area contributed by atoms with Crippen LogP contribution in [0.15, 0.2) is 102 Å². The zero-order valence-corrected chi connectivity index (χ0v) is 20.9. The summed E-state index contributed by atoms with van der Waals surface area (Å²) in [5.41, 5.74) is 3.01. The highest BCUT2D eigenvalue weighted by molar-refractivity contribution is 5.92. The first-order valence-electron chi connectivity index (χ1n) is 12.7. The molecule has 2 atom stereocenters. The molecule has 0 aliphatic carbocycles. The first-order valence-corrected chi connectivity index (χ1v) is 12.7. The van der Waals surface area contributed by atoms with Crippen LogP contribution < -0.4 is 5.43 Å². The van der Waals surface area contributed by atoms with Gasteiger partial charge >= 0.3 is 0 Å². The van der Waals surface area contributed by atoms with E-state index >= 15 is 0 Å². The quantitative estimate of drug-likeness (QED) is 0.414. The number of hydrogen-bond acceptors (Lipinski definition) is 4. The summed E-state index contributed by atoms with van der Waals surface area (Å²) >= 11 is 0. The van der Waals surface area contributed by atoms with Gasteiger partial charge in [0.15, 0.2) is 5.69 Å². The van der Waals surface area contributed by atoms with E-state index in [4.69, 9.17) is 0 Å². The molecule has 0 bridgehead atoms. The van der Waals surface area contributed by atoms with E-state index in [0.717, 1.165) is 23.1 Å². The number of rotatable bonds is 7. The minimum atomic E-state index is -0.840. The van der Waals surface area contributed by atoms with Crippen molar-refractivity contribution in [3.8, 4) is 0 Å². The number of aryl methyl sites for hydroxylation is 1. The number of aliphatic hydroxyl groups is 1. The van der Waals surface area contributed by atoms with Crippen LogP contribution in [0.4, 0.5) is 0 Å². The number of aliphatic hydroxyl groups excluding tert-OH is 1. The Morgan fingerprint density at radius 1 is 0.946 bits per heavy atom. The SMILES string of the molecule is Cc1cn(Cc2ccccc2)nc(C(=O)N2CCC[C@@H]2[C@H](O)C(c2ccccc2)c2ccccc2)c1=O. The van der Waals surface area contributed by atoms with Gasteiger partial charge in [0.1, 0.15) is 0 Å². The zero-order valence-electron chi connectivity index (χ0n) is 20.9. The number of amides is 1. The number of benzene rings is 3. The van der Waals surface area contributed by atoms with Gasteiger partial charge in [0.2, 0.25) is 5.43 Å². The molecule has 1 fully saturated rings. The maximum absolute atomic E-state index is 13.8. The van der Waals surface area contributed by atoms with E-state index < -0.39 is 18.1 Å². The highest BCUT2D eigenvalue weighted by Crippen LogP contribution is 2.34. The summed E-state index contributed by atoms with van der Waals surface area (Å²) in [6.07, 6.45) is 2.26. The molecule has 37 heavy (non-hydrogen) atoms. The van der Waals surface area contributed by atoms with E-state index in [-0.39, 0.29) is 17.0 Å². The number of nitrogens with zero attached hydrogens (tertiary/aromatic N) is 3. The Labute approximate surface area is 216 Å². The fourth-order valence-electron chi connectivity index (χ4n) is 5.33. The van der Waals surface area contributed by atoms with E-state index in [1.54, 1.807) is 22.7 Å². The van der Waals surface area contributed by atoms with E-state index in [9.17, 15) is 14.7 Å². The molecular formula is C31H31N3O3. The van der Waals surface area contributed by atoms with Crippen molar-refractivity contribution in [1.29, 1.82) is 0 Å². The molecule has 0 saturated carbocycles. The Bertz CT molecular complexity index is 1360. The van der Waals surface area contributed by atoms with Gasteiger partial charge in [-0.3, -0.25) is 14.3 Å². The molecular weight excluding hydrogens is 462 g/mol. The van der Waals surface area contributed by atoms with Crippen LogP contribution in [-0.2, 0) is 6.54 Å². The van der Waals surface area contributed by atoms with Gasteiger partial charge in [0.05, 0.1) is 18.7 Å². The molecule has 4 aromatic rings. The third-order valence-corrected chi connectivity index (χ3v) is 7.15. The molecule has 5 rings (SSSR count). The Balaban J connectivity index is 1.46. The summed E-state index contributed by atoms with van der Waals surface area (Å²) in [6.45, 7) is 2.64. The van der Waals surface area contributed by atoms with Gasteiger partial charge in [-0.2, -0.15) is 5.10 Å². The van der Waals surface area contributed by atoms with Gasteiger partial charge in [-0.1, -0.05) is 91.0 Å². The molecule has 1 N–H and O–H groups in total. The average molecular weight is 494 g/mol. The van der Waals surface area contributed by atoms with E-state index in [2.05, 4.69) is 5.10 Å². The largest absolute Gasteiger partial charge is 0.390 e. The second-order valence-corrected chi connectivity index (χ2v) is 9.67. The lowest BCUT2D eigenvalue weighted by Gasteiger charge is -2.34. The molecule has 0 radical (unpaired) electrons. The lowest BCUT2D eigenvalue weighted by molar-refractivity contribution is 0.0430. The maximum atomic E-state index is 13.8. The lowest BCUT2D eigenvalue weighted by Crippen LogP contribution is -2.47. The third kappa shape index (κ3) is 5.25. The first-order chi connectivity index (χ1) is 18.0. The number of carbonyl (C=O) groups is 1. The molecule has 1 aliphatic rings. The molecule has 0 unspecified atom stereocenters. The average Bonchev–Trinajstić information content (AvgIpc) is 3.42. The lowest BCUT2D eigenvalue weighted by atomic mass is 9.83. The van der Waals surface area contributed by atoms with Crippen LogP contribution in [0.25, 0.3) is 0 Å². The molecule has 1 aliphatic heterocycles. The minimum Gasteiger partial charge on any atom is -0.390 e. The number of carbonyl (C=O) groups excluding carboxylic acids is 1. The zero-order chi connectivity index (χ0) is 25.8. The second-order valence-electron chi connectivity index (χ2n) is 9.67. The fraction of sp³-hybridized carbons (Fsp3) is 0.258. The summed E-state index contributed by atoms with van der Waals surface area (Å²) < 4.78 is 1.65. The first kappa shape index (κ1) is 24.7. The van der Waals surface area contributed by atoms with Crippen LogP contribution in [0.5, 0.6) is 0 Å². The van der Waals surface area contributed by atoms with Crippen molar-refractivity contribution in [3.05, 3.63) is 135 Å². The van der Waals surface area contributed by atoms with Gasteiger partial charge in [0, 0.05) is 24.2 Å². The molecule has 0 spiro atoms. The molecule has 1 amide bonds. The van der Waals surface area contributed by atoms with Gasteiger partial charge < -0.3 is 10.0 Å². The highest BCUT2D eigenvalue weighted by Gasteiger charge is 2.40. The van der Waals surface area contributed by atoms with Crippen LogP contribution >= 0.6 is 0 Å². The summed E-state index contributed by atoms with van der Waals surface area (Å²) in [4.78, 5) is 28.5. The highest BCUT2D eigenvalue weighted by atomic mass is 16.3. The van der Waals surface area contributed by atoms with E-state index in [0.29, 0.717) is 25.1 Å². The van der Waals surface area contributed by atoms with E-state index in [1.807, 2.05) is 91.0 Å². The van der Waals surface area contributed by atoms with Crippen molar-refractivity contribution in [1.82, 2.24) is 14.7 Å². The van der Waals surface area contributed by atoms with Gasteiger partial charge in [-0.25, -0.2) is 0 Å². The summed E-state index contributed by atoms with van der Waals surface area (Å²) in [6, 6.07) is 29.1. The monoisotopic (exact) mass is 493 g/mol. The van der Waals surface area contributed by atoms with Gasteiger partial charge in [-0.15, -0.1) is 0 Å². The molecule has 1 aromatic heterocycles. The van der Waals surface area contributed by atoms with Crippen LogP contribution in [0.2, 0.25) is 0 Å². The summed E-state index contributed by atoms with van der Waals surface area (Å²) in [5.74, 6) is -0.724. The fourth-order valence-corrected chi connectivity index (χ4v) is 5.33. The van der Waals surface area contributed by atoms with Crippen molar-refractivity contribution in [2.45, 2.75) is 44.4 Å². The molecule has 6 nitrogen and oxygen atoms in total. The third-order valence-electron chi connectivity index (χ3n) is 7.15. The standard InChI is InChI=1S/C31H31N3O3/c1-22-20-33(21-23-12-5-2-6-13-23)32-28(29(22)35)31(37)34-19-11-18-26(34)30(36)27(24-14-7-3-8-15-24)25-16-9-4-10-17-25/h2-10,12-17,20,26-27,30,36H,11,18-19,21H2,1H3/t26-,30+/m1/s1. The molecule has 6 heteroatoms. The molecule has 188 valence electrons. The smallest absolute Gasteiger partial charge is 0.278 e. The Kier molecular flexibility index (Phi) is 7.28. The number of likely N-dealkylation sites (tertiary alicyclic amines) is 1. The van der Waals surface area contributed by atoms with Crippen LogP contribution in [0.1, 0.15) is 51.5 Å². The minimum absolute atomic E-state index is 0.0917.